The molecule has 1 aliphatic heterocycles. The van der Waals surface area contributed by atoms with Crippen LogP contribution in [0, 0.1) is 0 Å². The van der Waals surface area contributed by atoms with E-state index in [1.54, 1.807) is 7.11 Å². The Kier molecular flexibility index (Phi) is 5.86. The number of piperidine rings is 1. The van der Waals surface area contributed by atoms with E-state index in [9.17, 15) is 0 Å². The second-order valence-electron chi connectivity index (χ2n) is 5.73. The second kappa shape index (κ2) is 7.65. The SMILES string of the molecule is CNCCC1CCCCN1C(C)c1ccc(OC)cc1. The molecule has 1 aliphatic rings. The van der Waals surface area contributed by atoms with Crippen LogP contribution in [0.25, 0.3) is 0 Å². The van der Waals surface area contributed by atoms with Crippen LogP contribution in [0.4, 0.5) is 0 Å². The van der Waals surface area contributed by atoms with Crippen LogP contribution < -0.4 is 10.1 Å². The highest BCUT2D eigenvalue weighted by molar-refractivity contribution is 5.29. The van der Waals surface area contributed by atoms with E-state index in [1.807, 2.05) is 7.05 Å². The quantitative estimate of drug-likeness (QED) is 0.863. The number of benzene rings is 1. The van der Waals surface area contributed by atoms with Crippen molar-refractivity contribution in [1.29, 1.82) is 0 Å². The van der Waals surface area contributed by atoms with Gasteiger partial charge in [-0.15, -0.1) is 0 Å². The van der Waals surface area contributed by atoms with E-state index in [0.29, 0.717) is 12.1 Å². The van der Waals surface area contributed by atoms with Crippen LogP contribution in [0.5, 0.6) is 5.75 Å². The lowest BCUT2D eigenvalue weighted by Gasteiger charge is -2.40. The molecule has 0 aromatic heterocycles. The van der Waals surface area contributed by atoms with Crippen LogP contribution in [-0.2, 0) is 0 Å². The lowest BCUT2D eigenvalue weighted by molar-refractivity contribution is 0.0971. The van der Waals surface area contributed by atoms with Gasteiger partial charge >= 0.3 is 0 Å². The Labute approximate surface area is 123 Å². The lowest BCUT2D eigenvalue weighted by atomic mass is 9.95. The van der Waals surface area contributed by atoms with E-state index in [-0.39, 0.29) is 0 Å². The molecular weight excluding hydrogens is 248 g/mol. The summed E-state index contributed by atoms with van der Waals surface area (Å²) >= 11 is 0. The molecule has 2 unspecified atom stereocenters. The van der Waals surface area contributed by atoms with Gasteiger partial charge in [-0.2, -0.15) is 0 Å². The molecule has 0 saturated carbocycles. The molecule has 3 heteroatoms. The Balaban J connectivity index is 2.05. The zero-order valence-electron chi connectivity index (χ0n) is 13.1. The second-order valence-corrected chi connectivity index (χ2v) is 5.73. The molecule has 0 radical (unpaired) electrons. The Bertz CT molecular complexity index is 390. The molecule has 3 nitrogen and oxygen atoms in total. The lowest BCUT2D eigenvalue weighted by Crippen LogP contribution is -2.42. The molecule has 1 aromatic carbocycles. The first kappa shape index (κ1) is 15.3. The van der Waals surface area contributed by atoms with Gasteiger partial charge in [0.25, 0.3) is 0 Å². The van der Waals surface area contributed by atoms with E-state index in [0.717, 1.165) is 12.3 Å². The molecule has 2 rings (SSSR count). The highest BCUT2D eigenvalue weighted by atomic mass is 16.5. The van der Waals surface area contributed by atoms with Gasteiger partial charge in [-0.25, -0.2) is 0 Å². The van der Waals surface area contributed by atoms with Gasteiger partial charge in [0, 0.05) is 12.1 Å². The summed E-state index contributed by atoms with van der Waals surface area (Å²) in [6, 6.07) is 9.74. The van der Waals surface area contributed by atoms with Crippen molar-refractivity contribution in [3.8, 4) is 5.75 Å². The third kappa shape index (κ3) is 3.74. The summed E-state index contributed by atoms with van der Waals surface area (Å²) in [4.78, 5) is 2.68. The van der Waals surface area contributed by atoms with Crippen LogP contribution in [-0.4, -0.2) is 38.2 Å². The van der Waals surface area contributed by atoms with Crippen molar-refractivity contribution in [2.24, 2.45) is 0 Å². The fourth-order valence-electron chi connectivity index (χ4n) is 3.23. The predicted octanol–water partition coefficient (Wildman–Crippen LogP) is 3.22. The smallest absolute Gasteiger partial charge is 0.118 e. The minimum absolute atomic E-state index is 0.489. The van der Waals surface area contributed by atoms with Gasteiger partial charge in [0.15, 0.2) is 0 Å². The summed E-state index contributed by atoms with van der Waals surface area (Å²) in [6.45, 7) is 4.66. The standard InChI is InChI=1S/C17H28N2O/c1-14(15-7-9-17(20-3)10-8-15)19-13-5-4-6-16(19)11-12-18-2/h7-10,14,16,18H,4-6,11-13H2,1-3H3. The van der Waals surface area contributed by atoms with Crippen molar-refractivity contribution in [3.05, 3.63) is 29.8 Å². The summed E-state index contributed by atoms with van der Waals surface area (Å²) in [5.41, 5.74) is 1.39. The summed E-state index contributed by atoms with van der Waals surface area (Å²) in [5.74, 6) is 0.936. The number of nitrogens with zero attached hydrogens (tertiary/aromatic N) is 1. The van der Waals surface area contributed by atoms with Crippen molar-refractivity contribution in [3.63, 3.8) is 0 Å². The van der Waals surface area contributed by atoms with Crippen molar-refractivity contribution in [1.82, 2.24) is 10.2 Å². The number of hydrogen-bond donors (Lipinski definition) is 1. The first-order valence-corrected chi connectivity index (χ1v) is 7.80. The van der Waals surface area contributed by atoms with Gasteiger partial charge in [0.1, 0.15) is 5.75 Å². The van der Waals surface area contributed by atoms with Crippen LogP contribution >= 0.6 is 0 Å². The number of methoxy groups -OCH3 is 1. The minimum atomic E-state index is 0.489. The molecular formula is C17H28N2O. The number of rotatable bonds is 6. The van der Waals surface area contributed by atoms with Crippen LogP contribution in [0.15, 0.2) is 24.3 Å². The average Bonchev–Trinajstić information content (AvgIpc) is 2.52. The topological polar surface area (TPSA) is 24.5 Å². The highest BCUT2D eigenvalue weighted by Crippen LogP contribution is 2.30. The van der Waals surface area contributed by atoms with Gasteiger partial charge in [-0.05, 0) is 64.0 Å². The van der Waals surface area contributed by atoms with E-state index >= 15 is 0 Å². The fraction of sp³-hybridized carbons (Fsp3) is 0.647. The fourth-order valence-corrected chi connectivity index (χ4v) is 3.23. The maximum Gasteiger partial charge on any atom is 0.118 e. The van der Waals surface area contributed by atoms with E-state index in [2.05, 4.69) is 41.4 Å². The molecule has 20 heavy (non-hydrogen) atoms. The first-order valence-electron chi connectivity index (χ1n) is 7.80. The Morgan fingerprint density at radius 2 is 2.05 bits per heavy atom. The van der Waals surface area contributed by atoms with Crippen molar-refractivity contribution >= 4 is 0 Å². The molecule has 1 fully saturated rings. The Hall–Kier alpha value is -1.06. The van der Waals surface area contributed by atoms with Crippen molar-refractivity contribution in [2.75, 3.05) is 27.2 Å². The number of likely N-dealkylation sites (tertiary alicyclic amines) is 1. The third-order valence-electron chi connectivity index (χ3n) is 4.50. The number of nitrogens with one attached hydrogen (secondary N) is 1. The zero-order valence-corrected chi connectivity index (χ0v) is 13.1. The maximum absolute atomic E-state index is 5.25. The van der Waals surface area contributed by atoms with Gasteiger partial charge < -0.3 is 10.1 Å². The first-order chi connectivity index (χ1) is 9.76. The summed E-state index contributed by atoms with van der Waals surface area (Å²) in [5, 5.41) is 3.29. The highest BCUT2D eigenvalue weighted by Gasteiger charge is 2.26. The maximum atomic E-state index is 5.25. The molecule has 0 bridgehead atoms. The average molecular weight is 276 g/mol. The summed E-state index contributed by atoms with van der Waals surface area (Å²) < 4.78 is 5.25. The van der Waals surface area contributed by atoms with Gasteiger partial charge in [0.2, 0.25) is 0 Å². The van der Waals surface area contributed by atoms with Gasteiger partial charge in [-0.3, -0.25) is 4.90 Å². The summed E-state index contributed by atoms with van der Waals surface area (Å²) in [7, 11) is 3.76. The third-order valence-corrected chi connectivity index (χ3v) is 4.50. The molecule has 112 valence electrons. The molecule has 0 aliphatic carbocycles. The van der Waals surface area contributed by atoms with E-state index < -0.39 is 0 Å². The van der Waals surface area contributed by atoms with Gasteiger partial charge in [0.05, 0.1) is 7.11 Å². The number of ether oxygens (including phenoxy) is 1. The van der Waals surface area contributed by atoms with Crippen molar-refractivity contribution < 1.29 is 4.74 Å². The molecule has 1 N–H and O–H groups in total. The largest absolute Gasteiger partial charge is 0.497 e. The molecule has 1 aromatic rings. The summed E-state index contributed by atoms with van der Waals surface area (Å²) in [6.07, 6.45) is 5.29. The zero-order chi connectivity index (χ0) is 14.4. The normalized spacial score (nSPS) is 21.6. The van der Waals surface area contributed by atoms with Crippen LogP contribution in [0.1, 0.15) is 44.2 Å². The van der Waals surface area contributed by atoms with Crippen molar-refractivity contribution in [2.45, 2.75) is 44.7 Å². The van der Waals surface area contributed by atoms with Crippen LogP contribution in [0.3, 0.4) is 0 Å². The Morgan fingerprint density at radius 3 is 2.70 bits per heavy atom. The van der Waals surface area contributed by atoms with Gasteiger partial charge in [-0.1, -0.05) is 18.6 Å². The van der Waals surface area contributed by atoms with E-state index in [1.165, 1.54) is 37.8 Å². The molecule has 0 spiro atoms. The molecule has 1 saturated heterocycles. The molecule has 1 heterocycles. The Morgan fingerprint density at radius 1 is 1.30 bits per heavy atom. The predicted molar refractivity (Wildman–Crippen MR) is 84.3 cm³/mol. The monoisotopic (exact) mass is 276 g/mol. The minimum Gasteiger partial charge on any atom is -0.497 e. The van der Waals surface area contributed by atoms with Crippen LogP contribution in [0.2, 0.25) is 0 Å². The van der Waals surface area contributed by atoms with E-state index in [4.69, 9.17) is 4.74 Å². The molecule has 2 atom stereocenters. The number of hydrogen-bond acceptors (Lipinski definition) is 3. The molecule has 0 amide bonds.